The molecule has 1 amide bonds. The van der Waals surface area contributed by atoms with Crippen LogP contribution >= 0.6 is 0 Å². The zero-order chi connectivity index (χ0) is 13.8. The average Bonchev–Trinajstić information content (AvgIpc) is 2.91. The number of carbonyl (C=O) groups is 2. The van der Waals surface area contributed by atoms with Crippen molar-refractivity contribution in [3.63, 3.8) is 0 Å². The van der Waals surface area contributed by atoms with Crippen molar-refractivity contribution in [2.24, 2.45) is 0 Å². The van der Waals surface area contributed by atoms with Gasteiger partial charge in [-0.1, -0.05) is 6.07 Å². The number of aromatic nitrogens is 2. The van der Waals surface area contributed by atoms with Gasteiger partial charge >= 0.3 is 5.97 Å². The Kier molecular flexibility index (Phi) is 3.76. The molecular weight excluding hydrogens is 250 g/mol. The Morgan fingerprint density at radius 1 is 1.42 bits per heavy atom. The number of fused-ring (bicyclic) bond motifs is 1. The summed E-state index contributed by atoms with van der Waals surface area (Å²) >= 11 is 0. The first-order valence-corrected chi connectivity index (χ1v) is 5.58. The lowest BCUT2D eigenvalue weighted by molar-refractivity contribution is -0.156. The van der Waals surface area contributed by atoms with Crippen molar-refractivity contribution in [3.8, 4) is 0 Å². The zero-order valence-electron chi connectivity index (χ0n) is 10.5. The van der Waals surface area contributed by atoms with E-state index >= 15 is 0 Å². The minimum Gasteiger partial charge on any atom is -0.467 e. The number of nitrogens with one attached hydrogen (secondary N) is 1. The van der Waals surface area contributed by atoms with Crippen molar-refractivity contribution < 1.29 is 19.2 Å². The molecule has 0 aliphatic rings. The Morgan fingerprint density at radius 2 is 2.21 bits per heavy atom. The van der Waals surface area contributed by atoms with E-state index in [2.05, 4.69) is 15.2 Å². The molecule has 0 aromatic carbocycles. The maximum absolute atomic E-state index is 11.9. The number of methoxy groups -OCH3 is 1. The van der Waals surface area contributed by atoms with Crippen LogP contribution in [0.3, 0.4) is 0 Å². The quantitative estimate of drug-likeness (QED) is 0.643. The predicted octanol–water partition coefficient (Wildman–Crippen LogP) is 0.557. The Labute approximate surface area is 109 Å². The van der Waals surface area contributed by atoms with Gasteiger partial charge in [0.05, 0.1) is 25.2 Å². The highest BCUT2D eigenvalue weighted by Gasteiger charge is 2.17. The van der Waals surface area contributed by atoms with Crippen molar-refractivity contribution in [1.82, 2.24) is 14.9 Å². The third kappa shape index (κ3) is 2.71. The summed E-state index contributed by atoms with van der Waals surface area (Å²) in [6.45, 7) is 1.48. The second-order valence-corrected chi connectivity index (χ2v) is 3.81. The molecule has 2 aromatic rings. The summed E-state index contributed by atoms with van der Waals surface area (Å²) in [6, 6.07) is 5.17. The fraction of sp³-hybridized carbons (Fsp3) is 0.250. The molecule has 1 atom stereocenters. The van der Waals surface area contributed by atoms with Gasteiger partial charge in [0.2, 0.25) is 0 Å². The maximum Gasteiger partial charge on any atom is 0.337 e. The molecule has 0 fully saturated rings. The molecule has 100 valence electrons. The van der Waals surface area contributed by atoms with Crippen LogP contribution in [0.15, 0.2) is 30.7 Å². The highest BCUT2D eigenvalue weighted by Crippen LogP contribution is 2.06. The Morgan fingerprint density at radius 3 is 2.95 bits per heavy atom. The minimum atomic E-state index is -0.879. The van der Waals surface area contributed by atoms with E-state index in [-0.39, 0.29) is 0 Å². The van der Waals surface area contributed by atoms with Crippen molar-refractivity contribution in [3.05, 3.63) is 36.4 Å². The predicted molar refractivity (Wildman–Crippen MR) is 65.2 cm³/mol. The summed E-state index contributed by atoms with van der Waals surface area (Å²) in [5.41, 5.74) is 3.35. The number of amides is 1. The van der Waals surface area contributed by atoms with Crippen LogP contribution < -0.4 is 5.48 Å². The van der Waals surface area contributed by atoms with Gasteiger partial charge in [0.1, 0.15) is 5.69 Å². The lowest BCUT2D eigenvalue weighted by Gasteiger charge is -2.11. The molecule has 0 saturated heterocycles. The van der Waals surface area contributed by atoms with Gasteiger partial charge in [-0.3, -0.25) is 14.0 Å². The second-order valence-electron chi connectivity index (χ2n) is 3.81. The zero-order valence-corrected chi connectivity index (χ0v) is 10.5. The van der Waals surface area contributed by atoms with Crippen LogP contribution in [0.4, 0.5) is 0 Å². The molecule has 0 bridgehead atoms. The Hall–Kier alpha value is -2.41. The molecule has 2 aromatic heterocycles. The summed E-state index contributed by atoms with van der Waals surface area (Å²) < 4.78 is 6.09. The Balaban J connectivity index is 2.08. The van der Waals surface area contributed by atoms with Gasteiger partial charge < -0.3 is 4.74 Å². The normalized spacial score (nSPS) is 12.1. The standard InChI is InChI=1S/C12H13N3O4/c1-8(12(17)18-2)19-14-11(16)10-5-3-4-9-6-13-7-15(9)10/h3-8H,1-2H3,(H,14,16). The first-order chi connectivity index (χ1) is 9.13. The van der Waals surface area contributed by atoms with Crippen LogP contribution in [0.1, 0.15) is 17.4 Å². The van der Waals surface area contributed by atoms with Crippen LogP contribution in [0.25, 0.3) is 5.52 Å². The first kappa shape index (κ1) is 13.0. The third-order valence-corrected chi connectivity index (χ3v) is 2.54. The molecule has 1 unspecified atom stereocenters. The number of nitrogens with zero attached hydrogens (tertiary/aromatic N) is 2. The van der Waals surface area contributed by atoms with Crippen molar-refractivity contribution >= 4 is 17.4 Å². The average molecular weight is 263 g/mol. The SMILES string of the molecule is COC(=O)C(C)ONC(=O)c1cccc2cncn12. The van der Waals surface area contributed by atoms with Crippen LogP contribution in [0.2, 0.25) is 0 Å². The maximum atomic E-state index is 11.9. The third-order valence-electron chi connectivity index (χ3n) is 2.54. The van der Waals surface area contributed by atoms with Gasteiger partial charge in [-0.15, -0.1) is 0 Å². The fourth-order valence-corrected chi connectivity index (χ4v) is 1.54. The second kappa shape index (κ2) is 5.49. The van der Waals surface area contributed by atoms with Crippen LogP contribution in [0, 0.1) is 0 Å². The van der Waals surface area contributed by atoms with Gasteiger partial charge in [0, 0.05) is 0 Å². The summed E-state index contributed by atoms with van der Waals surface area (Å²) in [5.74, 6) is -1.04. The van der Waals surface area contributed by atoms with E-state index in [1.54, 1.807) is 22.7 Å². The van der Waals surface area contributed by atoms with Gasteiger partial charge in [0.25, 0.3) is 5.91 Å². The van der Waals surface area contributed by atoms with Gasteiger partial charge in [-0.05, 0) is 19.1 Å². The number of pyridine rings is 1. The number of hydrogen-bond acceptors (Lipinski definition) is 5. The molecule has 19 heavy (non-hydrogen) atoms. The molecule has 0 aliphatic carbocycles. The number of esters is 1. The van der Waals surface area contributed by atoms with Crippen LogP contribution in [-0.2, 0) is 14.4 Å². The first-order valence-electron chi connectivity index (χ1n) is 5.58. The number of ether oxygens (including phenoxy) is 1. The molecule has 2 rings (SSSR count). The highest BCUT2D eigenvalue weighted by atomic mass is 16.7. The molecule has 7 heteroatoms. The number of carbonyl (C=O) groups excluding carboxylic acids is 2. The van der Waals surface area contributed by atoms with E-state index in [4.69, 9.17) is 4.84 Å². The van der Waals surface area contributed by atoms with E-state index in [0.29, 0.717) is 5.69 Å². The summed E-state index contributed by atoms with van der Waals surface area (Å²) in [4.78, 5) is 31.9. The smallest absolute Gasteiger partial charge is 0.337 e. The van der Waals surface area contributed by atoms with E-state index in [1.165, 1.54) is 20.4 Å². The highest BCUT2D eigenvalue weighted by molar-refractivity contribution is 5.92. The lowest BCUT2D eigenvalue weighted by atomic mass is 10.3. The molecule has 7 nitrogen and oxygen atoms in total. The summed E-state index contributed by atoms with van der Waals surface area (Å²) in [6.07, 6.45) is 2.28. The summed E-state index contributed by atoms with van der Waals surface area (Å²) in [7, 11) is 1.25. The fourth-order valence-electron chi connectivity index (χ4n) is 1.54. The van der Waals surface area contributed by atoms with Gasteiger partial charge in [-0.25, -0.2) is 15.3 Å². The van der Waals surface area contributed by atoms with Gasteiger partial charge in [0.15, 0.2) is 6.10 Å². The lowest BCUT2D eigenvalue weighted by Crippen LogP contribution is -2.33. The number of imidazole rings is 1. The van der Waals surface area contributed by atoms with Crippen molar-refractivity contribution in [1.29, 1.82) is 0 Å². The van der Waals surface area contributed by atoms with Crippen molar-refractivity contribution in [2.45, 2.75) is 13.0 Å². The number of hydroxylamine groups is 1. The topological polar surface area (TPSA) is 81.9 Å². The molecule has 0 aliphatic heterocycles. The molecule has 0 radical (unpaired) electrons. The molecule has 2 heterocycles. The van der Waals surface area contributed by atoms with Crippen LogP contribution in [0.5, 0.6) is 0 Å². The van der Waals surface area contributed by atoms with E-state index in [9.17, 15) is 9.59 Å². The van der Waals surface area contributed by atoms with E-state index in [0.717, 1.165) is 5.52 Å². The molecule has 1 N–H and O–H groups in total. The van der Waals surface area contributed by atoms with Crippen molar-refractivity contribution in [2.75, 3.05) is 7.11 Å². The monoisotopic (exact) mass is 263 g/mol. The number of hydrogen-bond donors (Lipinski definition) is 1. The minimum absolute atomic E-state index is 0.354. The van der Waals surface area contributed by atoms with Gasteiger partial charge in [-0.2, -0.15) is 0 Å². The number of rotatable bonds is 4. The van der Waals surface area contributed by atoms with Crippen LogP contribution in [-0.4, -0.2) is 34.5 Å². The molecular formula is C12H13N3O4. The summed E-state index contributed by atoms with van der Waals surface area (Å²) in [5, 5.41) is 0. The molecule has 0 saturated carbocycles. The molecule has 0 spiro atoms. The largest absolute Gasteiger partial charge is 0.467 e. The van der Waals surface area contributed by atoms with E-state index in [1.807, 2.05) is 6.07 Å². The Bertz CT molecular complexity index is 608. The van der Waals surface area contributed by atoms with E-state index < -0.39 is 18.0 Å².